The second kappa shape index (κ2) is 8.79. The van der Waals surface area contributed by atoms with E-state index in [4.69, 9.17) is 0 Å². The monoisotopic (exact) mass is 347 g/mol. The van der Waals surface area contributed by atoms with Gasteiger partial charge in [0, 0.05) is 19.5 Å². The fraction of sp³-hybridized carbons (Fsp3) is 0.667. The molecule has 0 aromatic heterocycles. The number of carbonyl (C=O) groups is 1. The van der Waals surface area contributed by atoms with E-state index in [2.05, 4.69) is 0 Å². The maximum absolute atomic E-state index is 13.0. The van der Waals surface area contributed by atoms with Gasteiger partial charge in [0.05, 0.1) is 6.10 Å². The fourth-order valence-corrected chi connectivity index (χ4v) is 4.40. The molecule has 1 aromatic carbocycles. The lowest BCUT2D eigenvalue weighted by Gasteiger charge is -2.34. The van der Waals surface area contributed by atoms with Gasteiger partial charge in [-0.2, -0.15) is 0 Å². The lowest BCUT2D eigenvalue weighted by molar-refractivity contribution is -0.133. The zero-order chi connectivity index (χ0) is 17.6. The topological polar surface area (TPSA) is 40.5 Å². The summed E-state index contributed by atoms with van der Waals surface area (Å²) in [6.45, 7) is 1.45. The second-order valence-electron chi connectivity index (χ2n) is 7.76. The number of halogens is 1. The van der Waals surface area contributed by atoms with Crippen molar-refractivity contribution in [1.82, 2.24) is 4.90 Å². The molecule has 2 fully saturated rings. The van der Waals surface area contributed by atoms with Gasteiger partial charge in [-0.05, 0) is 55.2 Å². The first kappa shape index (κ1) is 18.4. The van der Waals surface area contributed by atoms with E-state index < -0.39 is 6.10 Å². The van der Waals surface area contributed by atoms with Gasteiger partial charge in [0.1, 0.15) is 5.82 Å². The first-order valence-electron chi connectivity index (χ1n) is 9.85. The van der Waals surface area contributed by atoms with Crippen molar-refractivity contribution in [2.24, 2.45) is 11.8 Å². The molecule has 1 saturated carbocycles. The van der Waals surface area contributed by atoms with Crippen LogP contribution in [0.3, 0.4) is 0 Å². The fourth-order valence-electron chi connectivity index (χ4n) is 4.40. The Kier molecular flexibility index (Phi) is 6.46. The van der Waals surface area contributed by atoms with Gasteiger partial charge in [0.15, 0.2) is 0 Å². The van der Waals surface area contributed by atoms with Crippen LogP contribution in [0.1, 0.15) is 69.5 Å². The van der Waals surface area contributed by atoms with Crippen LogP contribution < -0.4 is 0 Å². The van der Waals surface area contributed by atoms with Gasteiger partial charge < -0.3 is 10.0 Å². The van der Waals surface area contributed by atoms with E-state index in [0.29, 0.717) is 6.42 Å². The predicted molar refractivity (Wildman–Crippen MR) is 96.5 cm³/mol. The Morgan fingerprint density at radius 2 is 1.76 bits per heavy atom. The zero-order valence-electron chi connectivity index (χ0n) is 15.0. The lowest BCUT2D eigenvalue weighted by atomic mass is 9.87. The highest BCUT2D eigenvalue weighted by molar-refractivity contribution is 5.76. The molecule has 1 amide bonds. The van der Waals surface area contributed by atoms with Gasteiger partial charge >= 0.3 is 0 Å². The van der Waals surface area contributed by atoms with Crippen molar-refractivity contribution in [3.63, 3.8) is 0 Å². The maximum atomic E-state index is 13.0. The van der Waals surface area contributed by atoms with E-state index in [1.165, 1.54) is 44.2 Å². The van der Waals surface area contributed by atoms with Crippen molar-refractivity contribution < 1.29 is 14.3 Å². The van der Waals surface area contributed by atoms with Crippen LogP contribution in [0, 0.1) is 17.7 Å². The Morgan fingerprint density at radius 1 is 1.12 bits per heavy atom. The number of hydrogen-bond acceptors (Lipinski definition) is 2. The molecule has 2 aliphatic rings. The van der Waals surface area contributed by atoms with Crippen molar-refractivity contribution in [2.45, 2.75) is 63.9 Å². The molecule has 1 aliphatic heterocycles. The largest absolute Gasteiger partial charge is 0.388 e. The molecule has 0 spiro atoms. The molecule has 25 heavy (non-hydrogen) atoms. The summed E-state index contributed by atoms with van der Waals surface area (Å²) in [6.07, 6.45) is 9.36. The molecule has 138 valence electrons. The van der Waals surface area contributed by atoms with Crippen LogP contribution in [0.15, 0.2) is 24.3 Å². The van der Waals surface area contributed by atoms with Crippen molar-refractivity contribution in [2.75, 3.05) is 13.1 Å². The molecule has 4 heteroatoms. The zero-order valence-corrected chi connectivity index (χ0v) is 15.0. The second-order valence-corrected chi connectivity index (χ2v) is 7.76. The molecule has 0 bridgehead atoms. The number of piperidine rings is 1. The SMILES string of the molecule is O=C(CCCC1CCCC1)N1CCC(C(O)c2ccc(F)cc2)CC1. The Labute approximate surface area is 150 Å². The number of amides is 1. The predicted octanol–water partition coefficient (Wildman–Crippen LogP) is 4.46. The average Bonchev–Trinajstić information content (AvgIpc) is 3.15. The Bertz CT molecular complexity index is 546. The number of benzene rings is 1. The first-order valence-corrected chi connectivity index (χ1v) is 9.85. The minimum Gasteiger partial charge on any atom is -0.388 e. The van der Waals surface area contributed by atoms with Crippen LogP contribution in [0.4, 0.5) is 4.39 Å². The van der Waals surface area contributed by atoms with Crippen LogP contribution in [0.2, 0.25) is 0 Å². The third-order valence-electron chi connectivity index (χ3n) is 6.03. The quantitative estimate of drug-likeness (QED) is 0.825. The summed E-state index contributed by atoms with van der Waals surface area (Å²) in [5.74, 6) is 0.985. The van der Waals surface area contributed by atoms with Crippen molar-refractivity contribution >= 4 is 5.91 Å². The van der Waals surface area contributed by atoms with Gasteiger partial charge in [-0.1, -0.05) is 37.8 Å². The van der Waals surface area contributed by atoms with Gasteiger partial charge in [-0.3, -0.25) is 4.79 Å². The molecule has 1 unspecified atom stereocenters. The summed E-state index contributed by atoms with van der Waals surface area (Å²) in [6, 6.07) is 6.09. The van der Waals surface area contributed by atoms with Crippen LogP contribution in [0.25, 0.3) is 0 Å². The number of aliphatic hydroxyl groups is 1. The van der Waals surface area contributed by atoms with Crippen molar-refractivity contribution in [3.05, 3.63) is 35.6 Å². The van der Waals surface area contributed by atoms with Crippen LogP contribution in [-0.2, 0) is 4.79 Å². The number of carbonyl (C=O) groups excluding carboxylic acids is 1. The van der Waals surface area contributed by atoms with E-state index in [0.717, 1.165) is 43.8 Å². The summed E-state index contributed by atoms with van der Waals surface area (Å²) < 4.78 is 13.0. The molecule has 1 heterocycles. The highest BCUT2D eigenvalue weighted by atomic mass is 19.1. The molecular formula is C21H30FNO2. The first-order chi connectivity index (χ1) is 12.1. The summed E-state index contributed by atoms with van der Waals surface area (Å²) in [5.41, 5.74) is 0.766. The molecule has 1 N–H and O–H groups in total. The van der Waals surface area contributed by atoms with Gasteiger partial charge in [-0.15, -0.1) is 0 Å². The number of likely N-dealkylation sites (tertiary alicyclic amines) is 1. The maximum Gasteiger partial charge on any atom is 0.222 e. The highest BCUT2D eigenvalue weighted by Crippen LogP contribution is 2.32. The molecule has 1 aromatic rings. The molecule has 1 saturated heterocycles. The van der Waals surface area contributed by atoms with Crippen LogP contribution in [0.5, 0.6) is 0 Å². The third kappa shape index (κ3) is 5.04. The van der Waals surface area contributed by atoms with Gasteiger partial charge in [-0.25, -0.2) is 4.39 Å². The van der Waals surface area contributed by atoms with Gasteiger partial charge in [0.2, 0.25) is 5.91 Å². The van der Waals surface area contributed by atoms with E-state index in [1.54, 1.807) is 12.1 Å². The van der Waals surface area contributed by atoms with E-state index in [9.17, 15) is 14.3 Å². The van der Waals surface area contributed by atoms with E-state index in [-0.39, 0.29) is 17.6 Å². The van der Waals surface area contributed by atoms with Crippen molar-refractivity contribution in [1.29, 1.82) is 0 Å². The number of aliphatic hydroxyl groups excluding tert-OH is 1. The average molecular weight is 347 g/mol. The van der Waals surface area contributed by atoms with Crippen molar-refractivity contribution in [3.8, 4) is 0 Å². The number of rotatable bonds is 6. The molecule has 3 rings (SSSR count). The molecule has 3 nitrogen and oxygen atoms in total. The lowest BCUT2D eigenvalue weighted by Crippen LogP contribution is -2.39. The molecule has 0 radical (unpaired) electrons. The normalized spacial score (nSPS) is 20.8. The van der Waals surface area contributed by atoms with E-state index >= 15 is 0 Å². The van der Waals surface area contributed by atoms with Crippen LogP contribution >= 0.6 is 0 Å². The minimum atomic E-state index is -0.569. The molecule has 1 aliphatic carbocycles. The number of hydrogen-bond donors (Lipinski definition) is 1. The van der Waals surface area contributed by atoms with E-state index in [1.807, 2.05) is 4.90 Å². The smallest absolute Gasteiger partial charge is 0.222 e. The van der Waals surface area contributed by atoms with Crippen LogP contribution in [-0.4, -0.2) is 29.0 Å². The minimum absolute atomic E-state index is 0.146. The standard InChI is InChI=1S/C21H30FNO2/c22-19-10-8-17(9-11-19)21(25)18-12-14-23(15-13-18)20(24)7-3-6-16-4-1-2-5-16/h8-11,16,18,21,25H,1-7,12-15H2. The molecule has 1 atom stereocenters. The third-order valence-corrected chi connectivity index (χ3v) is 6.03. The Balaban J connectivity index is 1.40. The Morgan fingerprint density at radius 3 is 2.40 bits per heavy atom. The summed E-state index contributed by atoms with van der Waals surface area (Å²) in [7, 11) is 0. The summed E-state index contributed by atoms with van der Waals surface area (Å²) in [4.78, 5) is 14.3. The number of nitrogens with zero attached hydrogens (tertiary/aromatic N) is 1. The summed E-state index contributed by atoms with van der Waals surface area (Å²) >= 11 is 0. The molecular weight excluding hydrogens is 317 g/mol. The van der Waals surface area contributed by atoms with Gasteiger partial charge in [0.25, 0.3) is 0 Å². The highest BCUT2D eigenvalue weighted by Gasteiger charge is 2.28. The summed E-state index contributed by atoms with van der Waals surface area (Å²) in [5, 5.41) is 10.5. The Hall–Kier alpha value is -1.42.